The first-order valence-electron chi connectivity index (χ1n) is 5.86. The summed E-state index contributed by atoms with van der Waals surface area (Å²) in [5.74, 6) is -3.90. The number of nitrogens with zero attached hydrogens (tertiary/aromatic N) is 1. The fraction of sp³-hybridized carbons (Fsp3) is 0.417. The summed E-state index contributed by atoms with van der Waals surface area (Å²) in [7, 11) is -4.65. The summed E-state index contributed by atoms with van der Waals surface area (Å²) in [5.41, 5.74) is 0.175. The van der Waals surface area contributed by atoms with Gasteiger partial charge in [-0.25, -0.2) is 8.42 Å². The van der Waals surface area contributed by atoms with Crippen LogP contribution in [0, 0.1) is 0 Å². The van der Waals surface area contributed by atoms with E-state index >= 15 is 0 Å². The molecule has 0 fully saturated rings. The summed E-state index contributed by atoms with van der Waals surface area (Å²) in [5, 5.41) is 8.82. The highest BCUT2D eigenvalue weighted by Crippen LogP contribution is 2.19. The quantitative estimate of drug-likeness (QED) is 0.855. The fourth-order valence-electron chi connectivity index (χ4n) is 1.60. The third-order valence-corrected chi connectivity index (χ3v) is 4.10. The van der Waals surface area contributed by atoms with Crippen LogP contribution in [-0.4, -0.2) is 49.8 Å². The molecule has 5 nitrogen and oxygen atoms in total. The SMILES string of the molecule is CCN(CCO)C(=O)c1ccc(S(=O)(=O)C(F)F)cc1. The molecule has 0 unspecified atom stereocenters. The van der Waals surface area contributed by atoms with Gasteiger partial charge in [-0.1, -0.05) is 0 Å². The molecule has 0 aliphatic carbocycles. The molecule has 0 radical (unpaired) electrons. The zero-order valence-corrected chi connectivity index (χ0v) is 11.6. The van der Waals surface area contributed by atoms with Crippen LogP contribution < -0.4 is 0 Å². The summed E-state index contributed by atoms with van der Waals surface area (Å²) in [6.45, 7) is 2.05. The molecular weight excluding hydrogens is 292 g/mol. The van der Waals surface area contributed by atoms with Gasteiger partial charge < -0.3 is 10.0 Å². The van der Waals surface area contributed by atoms with Crippen molar-refractivity contribution in [3.05, 3.63) is 29.8 Å². The molecule has 20 heavy (non-hydrogen) atoms. The molecule has 0 bridgehead atoms. The molecule has 0 aromatic heterocycles. The Kier molecular flexibility index (Phi) is 5.58. The largest absolute Gasteiger partial charge is 0.395 e. The standard InChI is InChI=1S/C12H15F2NO4S/c1-2-15(7-8-16)11(17)9-3-5-10(6-4-9)20(18,19)12(13)14/h3-6,12,16H,2,7-8H2,1H3. The van der Waals surface area contributed by atoms with E-state index in [0.29, 0.717) is 6.54 Å². The number of alkyl halides is 2. The zero-order valence-electron chi connectivity index (χ0n) is 10.8. The van der Waals surface area contributed by atoms with Crippen molar-refractivity contribution in [2.45, 2.75) is 17.6 Å². The van der Waals surface area contributed by atoms with Crippen LogP contribution in [0.1, 0.15) is 17.3 Å². The molecule has 0 saturated carbocycles. The van der Waals surface area contributed by atoms with Gasteiger partial charge in [0.1, 0.15) is 0 Å². The Morgan fingerprint density at radius 2 is 1.85 bits per heavy atom. The molecule has 8 heteroatoms. The molecule has 0 spiro atoms. The lowest BCUT2D eigenvalue weighted by molar-refractivity contribution is 0.0732. The Bertz CT molecular complexity index is 557. The maximum atomic E-state index is 12.3. The van der Waals surface area contributed by atoms with Crippen molar-refractivity contribution < 1.29 is 27.1 Å². The minimum atomic E-state index is -4.65. The monoisotopic (exact) mass is 307 g/mol. The molecule has 1 rings (SSSR count). The number of aliphatic hydroxyl groups excluding tert-OH is 1. The Morgan fingerprint density at radius 3 is 2.25 bits per heavy atom. The highest BCUT2D eigenvalue weighted by molar-refractivity contribution is 7.91. The predicted molar refractivity (Wildman–Crippen MR) is 68.3 cm³/mol. The zero-order chi connectivity index (χ0) is 15.3. The maximum absolute atomic E-state index is 12.3. The number of benzene rings is 1. The number of rotatable bonds is 6. The molecule has 0 saturated heterocycles. The number of carbonyl (C=O) groups is 1. The number of carbonyl (C=O) groups excluding carboxylic acids is 1. The summed E-state index contributed by atoms with van der Waals surface area (Å²) in [6.07, 6.45) is 0. The molecule has 0 heterocycles. The molecule has 1 aromatic carbocycles. The first-order chi connectivity index (χ1) is 9.34. The second kappa shape index (κ2) is 6.76. The Hall–Kier alpha value is -1.54. The molecule has 1 aromatic rings. The second-order valence-corrected chi connectivity index (χ2v) is 5.86. The summed E-state index contributed by atoms with van der Waals surface area (Å²) < 4.78 is 47.2. The van der Waals surface area contributed by atoms with Crippen LogP contribution in [0.5, 0.6) is 0 Å². The van der Waals surface area contributed by atoms with E-state index in [1.165, 1.54) is 17.0 Å². The van der Waals surface area contributed by atoms with Gasteiger partial charge in [0, 0.05) is 18.7 Å². The fourth-order valence-corrected chi connectivity index (χ4v) is 2.32. The van der Waals surface area contributed by atoms with Crippen molar-refractivity contribution in [3.8, 4) is 0 Å². The first kappa shape index (κ1) is 16.5. The van der Waals surface area contributed by atoms with E-state index in [1.54, 1.807) is 6.92 Å². The van der Waals surface area contributed by atoms with Gasteiger partial charge in [0.25, 0.3) is 5.91 Å². The number of hydrogen-bond acceptors (Lipinski definition) is 4. The molecule has 0 aliphatic heterocycles. The third kappa shape index (κ3) is 3.51. The van der Waals surface area contributed by atoms with Gasteiger partial charge in [-0.05, 0) is 31.2 Å². The van der Waals surface area contributed by atoms with E-state index < -0.39 is 26.4 Å². The third-order valence-electron chi connectivity index (χ3n) is 2.70. The van der Waals surface area contributed by atoms with Crippen LogP contribution in [-0.2, 0) is 9.84 Å². The highest BCUT2D eigenvalue weighted by atomic mass is 32.2. The van der Waals surface area contributed by atoms with E-state index in [9.17, 15) is 22.0 Å². The topological polar surface area (TPSA) is 74.7 Å². The van der Waals surface area contributed by atoms with Crippen LogP contribution in [0.4, 0.5) is 8.78 Å². The minimum absolute atomic E-state index is 0.145. The molecule has 0 aliphatic rings. The number of halogens is 2. The number of likely N-dealkylation sites (N-methyl/N-ethyl adjacent to an activating group) is 1. The Morgan fingerprint density at radius 1 is 1.30 bits per heavy atom. The summed E-state index contributed by atoms with van der Waals surface area (Å²) in [6, 6.07) is 4.30. The van der Waals surface area contributed by atoms with Gasteiger partial charge >= 0.3 is 5.76 Å². The number of hydrogen-bond donors (Lipinski definition) is 1. The van der Waals surface area contributed by atoms with Crippen molar-refractivity contribution in [1.82, 2.24) is 4.90 Å². The molecule has 0 atom stereocenters. The first-order valence-corrected chi connectivity index (χ1v) is 7.41. The lowest BCUT2D eigenvalue weighted by atomic mass is 10.2. The van der Waals surface area contributed by atoms with Crippen molar-refractivity contribution in [2.24, 2.45) is 0 Å². The van der Waals surface area contributed by atoms with E-state index in [2.05, 4.69) is 0 Å². The second-order valence-electron chi connectivity index (χ2n) is 3.94. The van der Waals surface area contributed by atoms with Gasteiger partial charge in [-0.2, -0.15) is 8.78 Å². The maximum Gasteiger partial charge on any atom is 0.341 e. The van der Waals surface area contributed by atoms with Crippen LogP contribution in [0.3, 0.4) is 0 Å². The normalized spacial score (nSPS) is 11.7. The summed E-state index contributed by atoms with van der Waals surface area (Å²) in [4.78, 5) is 12.8. The van der Waals surface area contributed by atoms with Gasteiger partial charge in [0.2, 0.25) is 9.84 Å². The average molecular weight is 307 g/mol. The van der Waals surface area contributed by atoms with E-state index in [0.717, 1.165) is 12.1 Å². The lowest BCUT2D eigenvalue weighted by Crippen LogP contribution is -2.33. The van der Waals surface area contributed by atoms with E-state index in [4.69, 9.17) is 5.11 Å². The smallest absolute Gasteiger partial charge is 0.341 e. The van der Waals surface area contributed by atoms with Crippen LogP contribution in [0.2, 0.25) is 0 Å². The van der Waals surface area contributed by atoms with E-state index in [1.807, 2.05) is 0 Å². The van der Waals surface area contributed by atoms with E-state index in [-0.39, 0.29) is 18.7 Å². The Balaban J connectivity index is 3.00. The summed E-state index contributed by atoms with van der Waals surface area (Å²) >= 11 is 0. The Labute approximate surface area is 115 Å². The molecule has 112 valence electrons. The van der Waals surface area contributed by atoms with Gasteiger partial charge in [-0.15, -0.1) is 0 Å². The predicted octanol–water partition coefficient (Wildman–Crippen LogP) is 1.14. The number of sulfone groups is 1. The van der Waals surface area contributed by atoms with Gasteiger partial charge in [0.05, 0.1) is 11.5 Å². The minimum Gasteiger partial charge on any atom is -0.395 e. The van der Waals surface area contributed by atoms with Crippen molar-refractivity contribution >= 4 is 15.7 Å². The molecule has 1 amide bonds. The van der Waals surface area contributed by atoms with Gasteiger partial charge in [0.15, 0.2) is 0 Å². The highest BCUT2D eigenvalue weighted by Gasteiger charge is 2.26. The lowest BCUT2D eigenvalue weighted by Gasteiger charge is -2.19. The average Bonchev–Trinajstić information content (AvgIpc) is 2.44. The van der Waals surface area contributed by atoms with Crippen LogP contribution in [0.15, 0.2) is 29.2 Å². The van der Waals surface area contributed by atoms with Crippen LogP contribution in [0.25, 0.3) is 0 Å². The van der Waals surface area contributed by atoms with Gasteiger partial charge in [-0.3, -0.25) is 4.79 Å². The number of aliphatic hydroxyl groups is 1. The van der Waals surface area contributed by atoms with Crippen molar-refractivity contribution in [3.63, 3.8) is 0 Å². The molecule has 1 N–H and O–H groups in total. The van der Waals surface area contributed by atoms with Crippen molar-refractivity contribution in [2.75, 3.05) is 19.7 Å². The molecular formula is C12H15F2NO4S. The van der Waals surface area contributed by atoms with Crippen LogP contribution >= 0.6 is 0 Å². The number of amides is 1. The van der Waals surface area contributed by atoms with Crippen molar-refractivity contribution in [1.29, 1.82) is 0 Å².